The van der Waals surface area contributed by atoms with E-state index in [0.717, 1.165) is 17.1 Å². The zero-order valence-electron chi connectivity index (χ0n) is 10.9. The highest BCUT2D eigenvalue weighted by atomic mass is 32.1. The third kappa shape index (κ3) is 3.69. The molecular formula is C13H16N4OS. The minimum Gasteiger partial charge on any atom is -0.495 e. The number of aromatic nitrogens is 2. The van der Waals surface area contributed by atoms with E-state index in [1.54, 1.807) is 11.8 Å². The molecule has 1 aromatic heterocycles. The summed E-state index contributed by atoms with van der Waals surface area (Å²) >= 11 is 5.24. The summed E-state index contributed by atoms with van der Waals surface area (Å²) in [6.45, 7) is 0.585. The molecule has 0 fully saturated rings. The van der Waals surface area contributed by atoms with Gasteiger partial charge in [0.15, 0.2) is 5.11 Å². The molecule has 0 amide bonds. The van der Waals surface area contributed by atoms with E-state index in [4.69, 9.17) is 17.0 Å². The van der Waals surface area contributed by atoms with E-state index in [2.05, 4.69) is 15.7 Å². The molecule has 0 radical (unpaired) electrons. The molecule has 2 aromatic rings. The van der Waals surface area contributed by atoms with E-state index < -0.39 is 0 Å². The third-order valence-electron chi connectivity index (χ3n) is 2.55. The Bertz CT molecular complexity index is 567. The Morgan fingerprint density at radius 3 is 2.84 bits per heavy atom. The molecule has 5 nitrogen and oxygen atoms in total. The van der Waals surface area contributed by atoms with Crippen LogP contribution in [0.3, 0.4) is 0 Å². The second-order valence-corrected chi connectivity index (χ2v) is 4.40. The lowest BCUT2D eigenvalue weighted by atomic mass is 10.3. The topological polar surface area (TPSA) is 51.1 Å². The number of methoxy groups -OCH3 is 1. The molecule has 0 bridgehead atoms. The Morgan fingerprint density at radius 1 is 1.37 bits per heavy atom. The van der Waals surface area contributed by atoms with Crippen molar-refractivity contribution < 1.29 is 4.74 Å². The van der Waals surface area contributed by atoms with Gasteiger partial charge in [0.25, 0.3) is 0 Å². The molecule has 0 aliphatic rings. The Kier molecular flexibility index (Phi) is 4.35. The molecule has 19 heavy (non-hydrogen) atoms. The number of hydrogen-bond acceptors (Lipinski definition) is 3. The minimum absolute atomic E-state index is 0.537. The molecule has 0 unspecified atom stereocenters. The summed E-state index contributed by atoms with van der Waals surface area (Å²) in [7, 11) is 3.51. The molecule has 6 heteroatoms. The first kappa shape index (κ1) is 13.4. The average molecular weight is 276 g/mol. The van der Waals surface area contributed by atoms with Crippen molar-refractivity contribution >= 4 is 23.0 Å². The number of ether oxygens (including phenoxy) is 1. The van der Waals surface area contributed by atoms with Crippen molar-refractivity contribution in [2.45, 2.75) is 6.54 Å². The summed E-state index contributed by atoms with van der Waals surface area (Å²) in [5.41, 5.74) is 1.77. The lowest BCUT2D eigenvalue weighted by Gasteiger charge is -2.12. The molecule has 0 saturated carbocycles. The van der Waals surface area contributed by atoms with E-state index >= 15 is 0 Å². The molecule has 0 spiro atoms. The first-order chi connectivity index (χ1) is 9.19. The molecule has 1 heterocycles. The average Bonchev–Trinajstić information content (AvgIpc) is 2.83. The number of aryl methyl sites for hydroxylation is 1. The van der Waals surface area contributed by atoms with Crippen LogP contribution in [0.25, 0.3) is 0 Å². The maximum atomic E-state index is 5.25. The summed E-state index contributed by atoms with van der Waals surface area (Å²) in [4.78, 5) is 0. The van der Waals surface area contributed by atoms with Gasteiger partial charge in [0.2, 0.25) is 0 Å². The molecule has 0 saturated heterocycles. The van der Waals surface area contributed by atoms with Gasteiger partial charge in [0, 0.05) is 13.2 Å². The van der Waals surface area contributed by atoms with E-state index in [1.165, 1.54) is 0 Å². The fraction of sp³-hybridized carbons (Fsp3) is 0.231. The maximum absolute atomic E-state index is 5.25. The highest BCUT2D eigenvalue weighted by Gasteiger charge is 2.04. The number of hydrogen-bond donors (Lipinski definition) is 2. The predicted octanol–water partition coefficient (Wildman–Crippen LogP) is 1.92. The Labute approximate surface area is 117 Å². The largest absolute Gasteiger partial charge is 0.495 e. The van der Waals surface area contributed by atoms with Crippen molar-refractivity contribution in [3.8, 4) is 5.75 Å². The van der Waals surface area contributed by atoms with E-state index in [0.29, 0.717) is 11.7 Å². The fourth-order valence-electron chi connectivity index (χ4n) is 1.64. The molecule has 100 valence electrons. The SMILES string of the molecule is COc1ccccc1NC(=S)NCc1ccn(C)n1. The van der Waals surface area contributed by atoms with Crippen LogP contribution in [0.5, 0.6) is 5.75 Å². The lowest BCUT2D eigenvalue weighted by molar-refractivity contribution is 0.417. The monoisotopic (exact) mass is 276 g/mol. The second-order valence-electron chi connectivity index (χ2n) is 3.99. The summed E-state index contributed by atoms with van der Waals surface area (Å²) in [6.07, 6.45) is 1.90. The predicted molar refractivity (Wildman–Crippen MR) is 79.3 cm³/mol. The molecular weight excluding hydrogens is 260 g/mol. The van der Waals surface area contributed by atoms with Gasteiger partial charge >= 0.3 is 0 Å². The highest BCUT2D eigenvalue weighted by molar-refractivity contribution is 7.80. The number of thiocarbonyl (C=S) groups is 1. The van der Waals surface area contributed by atoms with Gasteiger partial charge < -0.3 is 15.4 Å². The van der Waals surface area contributed by atoms with Crippen molar-refractivity contribution in [2.24, 2.45) is 7.05 Å². The first-order valence-electron chi connectivity index (χ1n) is 5.85. The number of para-hydroxylation sites is 2. The van der Waals surface area contributed by atoms with Crippen LogP contribution in [-0.4, -0.2) is 22.0 Å². The van der Waals surface area contributed by atoms with Crippen molar-refractivity contribution in [3.05, 3.63) is 42.2 Å². The van der Waals surface area contributed by atoms with Crippen LogP contribution in [0.15, 0.2) is 36.5 Å². The van der Waals surface area contributed by atoms with Gasteiger partial charge in [-0.2, -0.15) is 5.10 Å². The Morgan fingerprint density at radius 2 is 2.16 bits per heavy atom. The van der Waals surface area contributed by atoms with Gasteiger partial charge in [0.05, 0.1) is 25.0 Å². The zero-order valence-corrected chi connectivity index (χ0v) is 11.7. The van der Waals surface area contributed by atoms with Crippen molar-refractivity contribution in [1.82, 2.24) is 15.1 Å². The van der Waals surface area contributed by atoms with Crippen molar-refractivity contribution in [2.75, 3.05) is 12.4 Å². The van der Waals surface area contributed by atoms with Gasteiger partial charge in [-0.05, 0) is 30.4 Å². The second kappa shape index (κ2) is 6.19. The minimum atomic E-state index is 0.537. The zero-order chi connectivity index (χ0) is 13.7. The summed E-state index contributed by atoms with van der Waals surface area (Å²) in [6, 6.07) is 9.57. The summed E-state index contributed by atoms with van der Waals surface area (Å²) in [5.74, 6) is 0.754. The van der Waals surface area contributed by atoms with Crippen LogP contribution in [-0.2, 0) is 13.6 Å². The first-order valence-corrected chi connectivity index (χ1v) is 6.26. The molecule has 1 aromatic carbocycles. The number of rotatable bonds is 4. The van der Waals surface area contributed by atoms with Crippen LogP contribution in [0.2, 0.25) is 0 Å². The summed E-state index contributed by atoms with van der Waals surface area (Å²) < 4.78 is 7.00. The van der Waals surface area contributed by atoms with Crippen molar-refractivity contribution in [1.29, 1.82) is 0 Å². The number of nitrogens with one attached hydrogen (secondary N) is 2. The molecule has 0 aliphatic heterocycles. The Hall–Kier alpha value is -2.08. The molecule has 0 atom stereocenters. The van der Waals surface area contributed by atoms with Crippen LogP contribution in [0.1, 0.15) is 5.69 Å². The van der Waals surface area contributed by atoms with Gasteiger partial charge in [0.1, 0.15) is 5.75 Å². The molecule has 2 N–H and O–H groups in total. The van der Waals surface area contributed by atoms with Crippen LogP contribution in [0.4, 0.5) is 5.69 Å². The smallest absolute Gasteiger partial charge is 0.171 e. The highest BCUT2D eigenvalue weighted by Crippen LogP contribution is 2.22. The van der Waals surface area contributed by atoms with Gasteiger partial charge in [-0.15, -0.1) is 0 Å². The van der Waals surface area contributed by atoms with E-state index in [-0.39, 0.29) is 0 Å². The van der Waals surface area contributed by atoms with Gasteiger partial charge in [-0.25, -0.2) is 0 Å². The normalized spacial score (nSPS) is 10.0. The van der Waals surface area contributed by atoms with Crippen LogP contribution < -0.4 is 15.4 Å². The molecule has 0 aliphatic carbocycles. The van der Waals surface area contributed by atoms with Gasteiger partial charge in [-0.3, -0.25) is 4.68 Å². The lowest BCUT2D eigenvalue weighted by Crippen LogP contribution is -2.28. The van der Waals surface area contributed by atoms with Gasteiger partial charge in [-0.1, -0.05) is 12.1 Å². The van der Waals surface area contributed by atoms with E-state index in [1.807, 2.05) is 43.6 Å². The Balaban J connectivity index is 1.90. The third-order valence-corrected chi connectivity index (χ3v) is 2.80. The standard InChI is InChI=1S/C13H16N4OS/c1-17-8-7-10(16-17)9-14-13(19)15-11-5-3-4-6-12(11)18-2/h3-8H,9H2,1-2H3,(H2,14,15,19). The maximum Gasteiger partial charge on any atom is 0.171 e. The van der Waals surface area contributed by atoms with Crippen LogP contribution >= 0.6 is 12.2 Å². The number of nitrogens with zero attached hydrogens (tertiary/aromatic N) is 2. The molecule has 2 rings (SSSR count). The fourth-order valence-corrected chi connectivity index (χ4v) is 1.82. The number of benzene rings is 1. The quantitative estimate of drug-likeness (QED) is 0.836. The van der Waals surface area contributed by atoms with Crippen molar-refractivity contribution in [3.63, 3.8) is 0 Å². The summed E-state index contributed by atoms with van der Waals surface area (Å²) in [5, 5.41) is 11.0. The van der Waals surface area contributed by atoms with E-state index in [9.17, 15) is 0 Å². The number of anilines is 1. The van der Waals surface area contributed by atoms with Crippen LogP contribution in [0, 0.1) is 0 Å².